The van der Waals surface area contributed by atoms with Gasteiger partial charge in [0.2, 0.25) is 0 Å². The number of nitrogens with zero attached hydrogens (tertiary/aromatic N) is 4. The second-order valence-corrected chi connectivity index (χ2v) is 7.35. The Hall–Kier alpha value is -3.19. The molecule has 1 amide bonds. The van der Waals surface area contributed by atoms with Crippen LogP contribution in [0, 0.1) is 5.82 Å². The lowest BCUT2D eigenvalue weighted by Gasteiger charge is -2.14. The summed E-state index contributed by atoms with van der Waals surface area (Å²) in [5.41, 5.74) is 2.03. The largest absolute Gasteiger partial charge is 0.346 e. The first-order valence-electron chi connectivity index (χ1n) is 9.18. The van der Waals surface area contributed by atoms with Crippen LogP contribution in [-0.4, -0.2) is 31.5 Å². The molecule has 2 heterocycles. The summed E-state index contributed by atoms with van der Waals surface area (Å²) in [5, 5.41) is 12.3. The molecule has 0 aliphatic carbocycles. The van der Waals surface area contributed by atoms with Crippen molar-refractivity contribution in [2.75, 3.05) is 0 Å². The molecule has 1 unspecified atom stereocenters. The summed E-state index contributed by atoms with van der Waals surface area (Å²) >= 11 is 6.04. The van der Waals surface area contributed by atoms with E-state index in [1.807, 2.05) is 25.3 Å². The molecule has 148 valence electrons. The molecule has 2 aromatic heterocycles. The first kappa shape index (κ1) is 19.1. The van der Waals surface area contributed by atoms with Crippen LogP contribution in [0.3, 0.4) is 0 Å². The van der Waals surface area contributed by atoms with Gasteiger partial charge in [0.15, 0.2) is 5.69 Å². The lowest BCUT2D eigenvalue weighted by molar-refractivity contribution is 0.0932. The van der Waals surface area contributed by atoms with Gasteiger partial charge in [-0.05, 0) is 42.1 Å². The molecule has 0 aliphatic heterocycles. The third kappa shape index (κ3) is 4.30. The Bertz CT molecular complexity index is 1170. The Morgan fingerprint density at radius 1 is 1.24 bits per heavy atom. The number of para-hydroxylation sites is 1. The fourth-order valence-corrected chi connectivity index (χ4v) is 3.47. The first-order valence-corrected chi connectivity index (χ1v) is 9.56. The van der Waals surface area contributed by atoms with Crippen molar-refractivity contribution >= 4 is 28.4 Å². The van der Waals surface area contributed by atoms with Gasteiger partial charge in [-0.1, -0.05) is 41.1 Å². The van der Waals surface area contributed by atoms with E-state index in [0.29, 0.717) is 23.7 Å². The Balaban J connectivity index is 1.39. The van der Waals surface area contributed by atoms with Crippen molar-refractivity contribution in [3.05, 3.63) is 83.0 Å². The molecule has 0 saturated carbocycles. The van der Waals surface area contributed by atoms with E-state index in [2.05, 4.69) is 38.4 Å². The average Bonchev–Trinajstić information content (AvgIpc) is 3.32. The van der Waals surface area contributed by atoms with Crippen molar-refractivity contribution in [3.63, 3.8) is 0 Å². The van der Waals surface area contributed by atoms with Crippen LogP contribution in [0.4, 0.5) is 4.39 Å². The fourth-order valence-electron chi connectivity index (χ4n) is 3.24. The summed E-state index contributed by atoms with van der Waals surface area (Å²) in [7, 11) is 0. The normalized spacial score (nSPS) is 12.2. The zero-order valence-corrected chi connectivity index (χ0v) is 16.5. The molecular formula is C21H19ClFN5O. The molecule has 8 heteroatoms. The fraction of sp³-hybridized carbons (Fsp3) is 0.190. The van der Waals surface area contributed by atoms with Crippen molar-refractivity contribution in [1.29, 1.82) is 0 Å². The maximum atomic E-state index is 13.2. The highest BCUT2D eigenvalue weighted by molar-refractivity contribution is 6.31. The number of aromatic nitrogens is 4. The number of hydrogen-bond donors (Lipinski definition) is 1. The predicted molar refractivity (Wildman–Crippen MR) is 109 cm³/mol. The lowest BCUT2D eigenvalue weighted by Crippen LogP contribution is -2.35. The van der Waals surface area contributed by atoms with Crippen molar-refractivity contribution in [2.24, 2.45) is 0 Å². The van der Waals surface area contributed by atoms with Gasteiger partial charge in [-0.2, -0.15) is 0 Å². The van der Waals surface area contributed by atoms with Crippen LogP contribution >= 0.6 is 11.6 Å². The standard InChI is InChI=1S/C21H19ClFN5O/c1-14(11-27-9-8-15-4-2-3-5-20(15)27)24-21(29)19-13-28(26-25-19)12-16-6-7-17(23)10-18(16)22/h2-10,13-14H,11-12H2,1H3,(H,24,29). The second kappa shape index (κ2) is 8.05. The number of halogens is 2. The number of nitrogens with one attached hydrogen (secondary N) is 1. The van der Waals surface area contributed by atoms with Crippen LogP contribution in [0.2, 0.25) is 5.02 Å². The van der Waals surface area contributed by atoms with Gasteiger partial charge in [-0.3, -0.25) is 4.79 Å². The molecule has 0 saturated heterocycles. The van der Waals surface area contributed by atoms with E-state index in [9.17, 15) is 9.18 Å². The summed E-state index contributed by atoms with van der Waals surface area (Å²) < 4.78 is 16.8. The molecule has 0 aliphatic rings. The third-order valence-electron chi connectivity index (χ3n) is 4.65. The lowest BCUT2D eigenvalue weighted by atomic mass is 10.2. The third-order valence-corrected chi connectivity index (χ3v) is 5.00. The van der Waals surface area contributed by atoms with Gasteiger partial charge in [-0.15, -0.1) is 5.10 Å². The Kier molecular flexibility index (Phi) is 5.31. The SMILES string of the molecule is CC(Cn1ccc2ccccc21)NC(=O)c1cn(Cc2ccc(F)cc2Cl)nn1. The second-order valence-electron chi connectivity index (χ2n) is 6.94. The maximum Gasteiger partial charge on any atom is 0.273 e. The van der Waals surface area contributed by atoms with Crippen LogP contribution in [-0.2, 0) is 13.1 Å². The smallest absolute Gasteiger partial charge is 0.273 e. The van der Waals surface area contributed by atoms with Crippen LogP contribution in [0.5, 0.6) is 0 Å². The Morgan fingerprint density at radius 3 is 2.90 bits per heavy atom. The number of hydrogen-bond acceptors (Lipinski definition) is 3. The van der Waals surface area contributed by atoms with E-state index < -0.39 is 5.82 Å². The minimum Gasteiger partial charge on any atom is -0.346 e. The van der Waals surface area contributed by atoms with E-state index in [0.717, 1.165) is 10.9 Å². The van der Waals surface area contributed by atoms with Crippen molar-refractivity contribution < 1.29 is 9.18 Å². The van der Waals surface area contributed by atoms with Gasteiger partial charge in [0, 0.05) is 29.3 Å². The zero-order chi connectivity index (χ0) is 20.4. The molecule has 2 aromatic carbocycles. The number of carbonyl (C=O) groups is 1. The summed E-state index contributed by atoms with van der Waals surface area (Å²) in [4.78, 5) is 12.5. The van der Waals surface area contributed by atoms with E-state index >= 15 is 0 Å². The van der Waals surface area contributed by atoms with Gasteiger partial charge in [0.05, 0.1) is 12.7 Å². The number of carbonyl (C=O) groups excluding carboxylic acids is 1. The molecule has 1 atom stereocenters. The van der Waals surface area contributed by atoms with Gasteiger partial charge in [-0.25, -0.2) is 9.07 Å². The van der Waals surface area contributed by atoms with Crippen molar-refractivity contribution in [1.82, 2.24) is 24.9 Å². The van der Waals surface area contributed by atoms with Gasteiger partial charge in [0.1, 0.15) is 5.82 Å². The minimum atomic E-state index is -0.401. The zero-order valence-electron chi connectivity index (χ0n) is 15.7. The summed E-state index contributed by atoms with van der Waals surface area (Å²) in [6.45, 7) is 2.87. The van der Waals surface area contributed by atoms with Crippen LogP contribution < -0.4 is 5.32 Å². The van der Waals surface area contributed by atoms with E-state index in [1.54, 1.807) is 12.3 Å². The molecule has 29 heavy (non-hydrogen) atoms. The topological polar surface area (TPSA) is 64.7 Å². The molecule has 6 nitrogen and oxygen atoms in total. The van der Waals surface area contributed by atoms with Crippen LogP contribution in [0.1, 0.15) is 23.0 Å². The molecular weight excluding hydrogens is 393 g/mol. The highest BCUT2D eigenvalue weighted by Gasteiger charge is 2.15. The molecule has 0 spiro atoms. The average molecular weight is 412 g/mol. The van der Waals surface area contributed by atoms with E-state index in [4.69, 9.17) is 11.6 Å². The highest BCUT2D eigenvalue weighted by atomic mass is 35.5. The quantitative estimate of drug-likeness (QED) is 0.523. The van der Waals surface area contributed by atoms with Gasteiger partial charge in [0.25, 0.3) is 5.91 Å². The number of fused-ring (bicyclic) bond motifs is 1. The molecule has 0 fully saturated rings. The summed E-state index contributed by atoms with van der Waals surface area (Å²) in [6, 6.07) is 14.2. The van der Waals surface area contributed by atoms with Crippen molar-refractivity contribution in [2.45, 2.75) is 26.1 Å². The Labute approximate surface area is 171 Å². The van der Waals surface area contributed by atoms with Crippen molar-refractivity contribution in [3.8, 4) is 0 Å². The number of rotatable bonds is 6. The summed E-state index contributed by atoms with van der Waals surface area (Å²) in [6.07, 6.45) is 3.56. The van der Waals surface area contributed by atoms with Crippen LogP contribution in [0.15, 0.2) is 60.9 Å². The van der Waals surface area contributed by atoms with E-state index in [-0.39, 0.29) is 17.6 Å². The first-order chi connectivity index (χ1) is 14.0. The predicted octanol–water partition coefficient (Wildman–Crippen LogP) is 3.89. The van der Waals surface area contributed by atoms with Gasteiger partial charge >= 0.3 is 0 Å². The monoisotopic (exact) mass is 411 g/mol. The van der Waals surface area contributed by atoms with Crippen LogP contribution in [0.25, 0.3) is 10.9 Å². The van der Waals surface area contributed by atoms with E-state index in [1.165, 1.54) is 16.8 Å². The molecule has 4 rings (SSSR count). The molecule has 0 radical (unpaired) electrons. The molecule has 0 bridgehead atoms. The molecule has 4 aromatic rings. The Morgan fingerprint density at radius 2 is 2.07 bits per heavy atom. The summed E-state index contributed by atoms with van der Waals surface area (Å²) in [5.74, 6) is -0.702. The number of benzene rings is 2. The minimum absolute atomic E-state index is 0.102. The van der Waals surface area contributed by atoms with Gasteiger partial charge < -0.3 is 9.88 Å². The number of amides is 1. The maximum absolute atomic E-state index is 13.2. The molecule has 1 N–H and O–H groups in total. The highest BCUT2D eigenvalue weighted by Crippen LogP contribution is 2.18.